The lowest BCUT2D eigenvalue weighted by atomic mass is 10.1. The second kappa shape index (κ2) is 6.31. The van der Waals surface area contributed by atoms with E-state index in [1.165, 1.54) is 5.56 Å². The smallest absolute Gasteiger partial charge is 0.251 e. The van der Waals surface area contributed by atoms with Crippen molar-refractivity contribution >= 4 is 27.5 Å². The van der Waals surface area contributed by atoms with Gasteiger partial charge in [0.1, 0.15) is 0 Å². The van der Waals surface area contributed by atoms with Gasteiger partial charge in [-0.25, -0.2) is 0 Å². The van der Waals surface area contributed by atoms with Crippen LogP contribution >= 0.6 is 15.9 Å². The van der Waals surface area contributed by atoms with Crippen molar-refractivity contribution in [3.63, 3.8) is 0 Å². The van der Waals surface area contributed by atoms with Gasteiger partial charge in [-0.05, 0) is 48.7 Å². The molecule has 1 amide bonds. The van der Waals surface area contributed by atoms with Crippen LogP contribution in [0.25, 0.3) is 0 Å². The number of carbonyl (C=O) groups excluding carboxylic acids is 1. The Labute approximate surface area is 132 Å². The number of amides is 1. The molecule has 0 atom stereocenters. The molecule has 0 heterocycles. The fraction of sp³-hybridized carbons (Fsp3) is 0.235. The van der Waals surface area contributed by atoms with E-state index in [0.29, 0.717) is 11.6 Å². The van der Waals surface area contributed by atoms with E-state index in [1.807, 2.05) is 36.4 Å². The molecular weight excluding hydrogens is 328 g/mol. The van der Waals surface area contributed by atoms with Crippen molar-refractivity contribution in [3.05, 3.63) is 64.1 Å². The van der Waals surface area contributed by atoms with Gasteiger partial charge in [-0.3, -0.25) is 4.79 Å². The lowest BCUT2D eigenvalue weighted by molar-refractivity contribution is 0.0951. The number of hydrogen-bond acceptors (Lipinski definition) is 2. The normalized spacial score (nSPS) is 13.8. The van der Waals surface area contributed by atoms with Gasteiger partial charge in [-0.15, -0.1) is 0 Å². The van der Waals surface area contributed by atoms with E-state index < -0.39 is 0 Å². The van der Waals surface area contributed by atoms with Crippen molar-refractivity contribution in [2.45, 2.75) is 25.4 Å². The van der Waals surface area contributed by atoms with E-state index in [9.17, 15) is 4.79 Å². The van der Waals surface area contributed by atoms with Crippen molar-refractivity contribution in [2.24, 2.45) is 0 Å². The molecule has 2 aromatic carbocycles. The summed E-state index contributed by atoms with van der Waals surface area (Å²) in [4.78, 5) is 12.0. The number of hydrogen-bond donors (Lipinski definition) is 2. The molecule has 0 aromatic heterocycles. The Balaban J connectivity index is 1.62. The third-order valence-corrected chi connectivity index (χ3v) is 3.98. The summed E-state index contributed by atoms with van der Waals surface area (Å²) in [6, 6.07) is 16.2. The molecule has 1 fully saturated rings. The minimum Gasteiger partial charge on any atom is -0.381 e. The number of halogens is 1. The molecule has 2 N–H and O–H groups in total. The summed E-state index contributed by atoms with van der Waals surface area (Å²) in [7, 11) is 0. The summed E-state index contributed by atoms with van der Waals surface area (Å²) in [6.45, 7) is 0.737. The van der Waals surface area contributed by atoms with Crippen LogP contribution in [0.3, 0.4) is 0 Å². The molecule has 0 unspecified atom stereocenters. The Hall–Kier alpha value is -1.81. The fourth-order valence-corrected chi connectivity index (χ4v) is 2.34. The van der Waals surface area contributed by atoms with Gasteiger partial charge in [0.05, 0.1) is 0 Å². The molecule has 3 nitrogen and oxygen atoms in total. The highest BCUT2D eigenvalue weighted by molar-refractivity contribution is 9.10. The third-order valence-electron chi connectivity index (χ3n) is 3.45. The van der Waals surface area contributed by atoms with E-state index in [1.54, 1.807) is 0 Å². The standard InChI is InChI=1S/C17H17BrN2O/c18-14-6-4-12(5-7-14)11-19-16-3-1-2-13(10-16)17(21)20-15-8-9-15/h1-7,10,15,19H,8-9,11H2,(H,20,21). The summed E-state index contributed by atoms with van der Waals surface area (Å²) in [5, 5.41) is 6.35. The quantitative estimate of drug-likeness (QED) is 0.861. The van der Waals surface area contributed by atoms with Crippen molar-refractivity contribution in [2.75, 3.05) is 5.32 Å². The van der Waals surface area contributed by atoms with Gasteiger partial charge in [-0.1, -0.05) is 34.1 Å². The molecule has 0 bridgehead atoms. The molecule has 108 valence electrons. The zero-order chi connectivity index (χ0) is 14.7. The summed E-state index contributed by atoms with van der Waals surface area (Å²) in [5.41, 5.74) is 2.87. The average molecular weight is 345 g/mol. The molecule has 0 spiro atoms. The lowest BCUT2D eigenvalue weighted by Gasteiger charge is -2.09. The first-order valence-corrected chi connectivity index (χ1v) is 7.89. The number of benzene rings is 2. The van der Waals surface area contributed by atoms with Crippen LogP contribution in [-0.2, 0) is 6.54 Å². The van der Waals surface area contributed by atoms with Crippen molar-refractivity contribution in [1.82, 2.24) is 5.32 Å². The highest BCUT2D eigenvalue weighted by atomic mass is 79.9. The van der Waals surface area contributed by atoms with Gasteiger partial charge in [0.2, 0.25) is 0 Å². The van der Waals surface area contributed by atoms with Crippen molar-refractivity contribution in [1.29, 1.82) is 0 Å². The Bertz CT molecular complexity index is 635. The molecule has 0 radical (unpaired) electrons. The molecular formula is C17H17BrN2O. The summed E-state index contributed by atoms with van der Waals surface area (Å²) in [5.74, 6) is 0.0183. The molecule has 2 aromatic rings. The third kappa shape index (κ3) is 4.08. The lowest BCUT2D eigenvalue weighted by Crippen LogP contribution is -2.25. The zero-order valence-corrected chi connectivity index (χ0v) is 13.2. The highest BCUT2D eigenvalue weighted by Gasteiger charge is 2.23. The number of nitrogens with one attached hydrogen (secondary N) is 2. The van der Waals surface area contributed by atoms with Crippen molar-refractivity contribution < 1.29 is 4.79 Å². The second-order valence-corrected chi connectivity index (χ2v) is 6.22. The molecule has 4 heteroatoms. The molecule has 1 saturated carbocycles. The van der Waals surface area contributed by atoms with Crippen LogP contribution in [0.2, 0.25) is 0 Å². The van der Waals surface area contributed by atoms with E-state index >= 15 is 0 Å². The van der Waals surface area contributed by atoms with Crippen LogP contribution in [0.15, 0.2) is 53.0 Å². The molecule has 3 rings (SSSR count). The number of rotatable bonds is 5. The minimum absolute atomic E-state index is 0.0183. The van der Waals surface area contributed by atoms with Gasteiger partial charge in [0.15, 0.2) is 0 Å². The van der Waals surface area contributed by atoms with Crippen LogP contribution in [-0.4, -0.2) is 11.9 Å². The van der Waals surface area contributed by atoms with Gasteiger partial charge < -0.3 is 10.6 Å². The maximum absolute atomic E-state index is 12.0. The first-order chi connectivity index (χ1) is 10.2. The molecule has 0 saturated heterocycles. The number of anilines is 1. The molecule has 1 aliphatic carbocycles. The van der Waals surface area contributed by atoms with Crippen molar-refractivity contribution in [3.8, 4) is 0 Å². The van der Waals surface area contributed by atoms with Gasteiger partial charge >= 0.3 is 0 Å². The highest BCUT2D eigenvalue weighted by Crippen LogP contribution is 2.20. The monoisotopic (exact) mass is 344 g/mol. The summed E-state index contributed by atoms with van der Waals surface area (Å²) in [6.07, 6.45) is 2.21. The largest absolute Gasteiger partial charge is 0.381 e. The fourth-order valence-electron chi connectivity index (χ4n) is 2.07. The first-order valence-electron chi connectivity index (χ1n) is 7.10. The Morgan fingerprint density at radius 1 is 1.14 bits per heavy atom. The predicted octanol–water partition coefficient (Wildman–Crippen LogP) is 3.95. The van der Waals surface area contributed by atoms with E-state index in [4.69, 9.17) is 0 Å². The Morgan fingerprint density at radius 3 is 2.62 bits per heavy atom. The first kappa shape index (κ1) is 14.1. The van der Waals surface area contributed by atoms with Gasteiger partial charge in [0.25, 0.3) is 5.91 Å². The molecule has 21 heavy (non-hydrogen) atoms. The molecule has 0 aliphatic heterocycles. The van der Waals surface area contributed by atoms with Crippen LogP contribution < -0.4 is 10.6 Å². The summed E-state index contributed by atoms with van der Waals surface area (Å²) >= 11 is 3.43. The van der Waals surface area contributed by atoms with Gasteiger partial charge in [-0.2, -0.15) is 0 Å². The molecule has 1 aliphatic rings. The van der Waals surface area contributed by atoms with Crippen LogP contribution in [0.5, 0.6) is 0 Å². The summed E-state index contributed by atoms with van der Waals surface area (Å²) < 4.78 is 1.07. The zero-order valence-electron chi connectivity index (χ0n) is 11.6. The second-order valence-electron chi connectivity index (χ2n) is 5.31. The maximum atomic E-state index is 12.0. The van der Waals surface area contributed by atoms with E-state index in [0.717, 1.165) is 29.5 Å². The Kier molecular flexibility index (Phi) is 4.25. The topological polar surface area (TPSA) is 41.1 Å². The van der Waals surface area contributed by atoms with E-state index in [-0.39, 0.29) is 5.91 Å². The maximum Gasteiger partial charge on any atom is 0.251 e. The predicted molar refractivity (Wildman–Crippen MR) is 88.4 cm³/mol. The van der Waals surface area contributed by atoms with Gasteiger partial charge in [0, 0.05) is 28.3 Å². The Morgan fingerprint density at radius 2 is 1.90 bits per heavy atom. The average Bonchev–Trinajstić information content (AvgIpc) is 3.31. The SMILES string of the molecule is O=C(NC1CC1)c1cccc(NCc2ccc(Br)cc2)c1. The minimum atomic E-state index is 0.0183. The number of carbonyl (C=O) groups is 1. The van der Waals surface area contributed by atoms with Crippen LogP contribution in [0.1, 0.15) is 28.8 Å². The van der Waals surface area contributed by atoms with Crippen LogP contribution in [0, 0.1) is 0 Å². The van der Waals surface area contributed by atoms with E-state index in [2.05, 4.69) is 38.7 Å². The van der Waals surface area contributed by atoms with Crippen LogP contribution in [0.4, 0.5) is 5.69 Å².